The van der Waals surface area contributed by atoms with Crippen molar-refractivity contribution in [3.63, 3.8) is 0 Å². The number of aryl methyl sites for hydroxylation is 1. The van der Waals surface area contributed by atoms with Crippen LogP contribution in [0.3, 0.4) is 0 Å². The van der Waals surface area contributed by atoms with Crippen LogP contribution in [0.15, 0.2) is 12.8 Å². The largest absolute Gasteiger partial charge is 0.387 e. The van der Waals surface area contributed by atoms with Crippen LogP contribution in [0.4, 0.5) is 0 Å². The quantitative estimate of drug-likeness (QED) is 0.700. The monoisotopic (exact) mass is 154 g/mol. The van der Waals surface area contributed by atoms with Crippen LogP contribution < -0.4 is 5.32 Å². The zero-order valence-corrected chi connectivity index (χ0v) is 6.96. The number of hydrogen-bond donors (Lipinski definition) is 1. The second kappa shape index (κ2) is 2.84. The Kier molecular flexibility index (Phi) is 2.06. The highest BCUT2D eigenvalue weighted by molar-refractivity contribution is 7.12. The van der Waals surface area contributed by atoms with Crippen molar-refractivity contribution in [2.45, 2.75) is 6.92 Å². The number of rotatable bonds is 2. The highest BCUT2D eigenvalue weighted by atomic mass is 32.1. The SMILES string of the molecule is C=C(NC)c1cnc(C)s1. The Labute approximate surface area is 64.6 Å². The lowest BCUT2D eigenvalue weighted by molar-refractivity contribution is 1.14. The molecule has 0 atom stereocenters. The van der Waals surface area contributed by atoms with Crippen LogP contribution in [-0.4, -0.2) is 12.0 Å². The number of nitrogens with zero attached hydrogens (tertiary/aromatic N) is 1. The van der Waals surface area contributed by atoms with E-state index >= 15 is 0 Å². The molecule has 1 heterocycles. The molecule has 2 nitrogen and oxygen atoms in total. The highest BCUT2D eigenvalue weighted by Crippen LogP contribution is 2.16. The third-order valence-corrected chi connectivity index (χ3v) is 2.19. The lowest BCUT2D eigenvalue weighted by atomic mass is 10.4. The fraction of sp³-hybridized carbons (Fsp3) is 0.286. The fourth-order valence-electron chi connectivity index (χ4n) is 0.624. The van der Waals surface area contributed by atoms with E-state index in [1.165, 1.54) is 0 Å². The molecule has 0 saturated carbocycles. The summed E-state index contributed by atoms with van der Waals surface area (Å²) < 4.78 is 0. The van der Waals surface area contributed by atoms with E-state index in [1.54, 1.807) is 11.3 Å². The van der Waals surface area contributed by atoms with E-state index < -0.39 is 0 Å². The molecule has 0 aromatic carbocycles. The molecule has 1 aromatic rings. The maximum absolute atomic E-state index is 4.10. The molecule has 0 aliphatic heterocycles. The molecule has 0 radical (unpaired) electrons. The summed E-state index contributed by atoms with van der Waals surface area (Å²) in [4.78, 5) is 5.21. The molecule has 0 saturated heterocycles. The summed E-state index contributed by atoms with van der Waals surface area (Å²) in [7, 11) is 1.86. The van der Waals surface area contributed by atoms with Gasteiger partial charge in [0.2, 0.25) is 0 Å². The maximum atomic E-state index is 4.10. The predicted octanol–water partition coefficient (Wildman–Crippen LogP) is 1.64. The fourth-order valence-corrected chi connectivity index (χ4v) is 1.38. The smallest absolute Gasteiger partial charge is 0.0901 e. The maximum Gasteiger partial charge on any atom is 0.0901 e. The molecule has 0 spiro atoms. The van der Waals surface area contributed by atoms with Gasteiger partial charge < -0.3 is 5.32 Å². The van der Waals surface area contributed by atoms with Gasteiger partial charge in [-0.25, -0.2) is 4.98 Å². The molecule has 0 unspecified atom stereocenters. The second-order valence-corrected chi connectivity index (χ2v) is 3.21. The molecule has 1 N–H and O–H groups in total. The van der Waals surface area contributed by atoms with Gasteiger partial charge in [0.05, 0.1) is 9.88 Å². The predicted molar refractivity (Wildman–Crippen MR) is 44.9 cm³/mol. The molecule has 0 fully saturated rings. The van der Waals surface area contributed by atoms with Crippen molar-refractivity contribution in [2.75, 3.05) is 7.05 Å². The normalized spacial score (nSPS) is 9.40. The van der Waals surface area contributed by atoms with E-state index in [-0.39, 0.29) is 0 Å². The van der Waals surface area contributed by atoms with Crippen LogP contribution in [-0.2, 0) is 0 Å². The van der Waals surface area contributed by atoms with Crippen molar-refractivity contribution in [3.8, 4) is 0 Å². The van der Waals surface area contributed by atoms with Gasteiger partial charge in [-0.3, -0.25) is 0 Å². The van der Waals surface area contributed by atoms with Crippen LogP contribution in [0.5, 0.6) is 0 Å². The number of hydrogen-bond acceptors (Lipinski definition) is 3. The van der Waals surface area contributed by atoms with E-state index in [1.807, 2.05) is 20.2 Å². The molecular formula is C7H10N2S. The lowest BCUT2D eigenvalue weighted by Crippen LogP contribution is -2.00. The zero-order valence-electron chi connectivity index (χ0n) is 6.14. The molecule has 0 aliphatic carbocycles. The number of nitrogens with one attached hydrogen (secondary N) is 1. The van der Waals surface area contributed by atoms with Crippen molar-refractivity contribution in [1.29, 1.82) is 0 Å². The molecule has 1 rings (SSSR count). The molecule has 0 aliphatic rings. The first-order chi connectivity index (χ1) is 4.74. The van der Waals surface area contributed by atoms with E-state index in [9.17, 15) is 0 Å². The summed E-state index contributed by atoms with van der Waals surface area (Å²) >= 11 is 1.65. The summed E-state index contributed by atoms with van der Waals surface area (Å²) in [5, 5.41) is 4.05. The highest BCUT2D eigenvalue weighted by Gasteiger charge is 1.98. The Hall–Kier alpha value is -0.830. The van der Waals surface area contributed by atoms with Crippen LogP contribution in [0.2, 0.25) is 0 Å². The minimum absolute atomic E-state index is 0.936. The molecular weight excluding hydrogens is 144 g/mol. The first kappa shape index (κ1) is 7.28. The molecule has 10 heavy (non-hydrogen) atoms. The summed E-state index contributed by atoms with van der Waals surface area (Å²) in [6.45, 7) is 5.80. The van der Waals surface area contributed by atoms with Gasteiger partial charge in [0, 0.05) is 18.9 Å². The average molecular weight is 154 g/mol. The van der Waals surface area contributed by atoms with Crippen molar-refractivity contribution in [3.05, 3.63) is 22.7 Å². The van der Waals surface area contributed by atoms with E-state index in [4.69, 9.17) is 0 Å². The van der Waals surface area contributed by atoms with E-state index in [0.717, 1.165) is 15.6 Å². The van der Waals surface area contributed by atoms with Gasteiger partial charge in [0.15, 0.2) is 0 Å². The Balaban J connectivity index is 2.85. The summed E-state index contributed by atoms with van der Waals surface area (Å²) in [5.74, 6) is 0. The minimum atomic E-state index is 0.936. The molecule has 3 heteroatoms. The summed E-state index contributed by atoms with van der Waals surface area (Å²) in [6, 6.07) is 0. The van der Waals surface area contributed by atoms with Crippen molar-refractivity contribution in [2.24, 2.45) is 0 Å². The standard InChI is InChI=1S/C7H10N2S/c1-5(8-3)7-4-9-6(2)10-7/h4,8H,1H2,2-3H3. The Bertz CT molecular complexity index is 240. The summed E-state index contributed by atoms with van der Waals surface area (Å²) in [6.07, 6.45) is 1.83. The zero-order chi connectivity index (χ0) is 7.56. The van der Waals surface area contributed by atoms with Crippen LogP contribution >= 0.6 is 11.3 Å². The van der Waals surface area contributed by atoms with Gasteiger partial charge in [-0.05, 0) is 6.92 Å². The Morgan fingerprint density at radius 2 is 2.50 bits per heavy atom. The van der Waals surface area contributed by atoms with Crippen LogP contribution in [0.25, 0.3) is 5.70 Å². The average Bonchev–Trinajstić information content (AvgIpc) is 2.34. The third-order valence-electron chi connectivity index (χ3n) is 1.22. The van der Waals surface area contributed by atoms with Gasteiger partial charge in [0.1, 0.15) is 0 Å². The summed E-state index contributed by atoms with van der Waals surface area (Å²) in [5.41, 5.74) is 0.936. The Morgan fingerprint density at radius 3 is 2.90 bits per heavy atom. The minimum Gasteiger partial charge on any atom is -0.387 e. The second-order valence-electron chi connectivity index (χ2n) is 1.97. The van der Waals surface area contributed by atoms with Gasteiger partial charge in [-0.15, -0.1) is 11.3 Å². The number of thiazole rings is 1. The van der Waals surface area contributed by atoms with Crippen LogP contribution in [0, 0.1) is 6.92 Å². The van der Waals surface area contributed by atoms with E-state index in [2.05, 4.69) is 16.9 Å². The molecule has 54 valence electrons. The van der Waals surface area contributed by atoms with Gasteiger partial charge in [-0.2, -0.15) is 0 Å². The van der Waals surface area contributed by atoms with E-state index in [0.29, 0.717) is 0 Å². The topological polar surface area (TPSA) is 24.9 Å². The van der Waals surface area contributed by atoms with Crippen LogP contribution in [0.1, 0.15) is 9.88 Å². The first-order valence-corrected chi connectivity index (χ1v) is 3.85. The number of aromatic nitrogens is 1. The lowest BCUT2D eigenvalue weighted by Gasteiger charge is -1.97. The third kappa shape index (κ3) is 1.36. The van der Waals surface area contributed by atoms with Gasteiger partial charge in [0.25, 0.3) is 0 Å². The van der Waals surface area contributed by atoms with Gasteiger partial charge in [-0.1, -0.05) is 6.58 Å². The molecule has 0 amide bonds. The van der Waals surface area contributed by atoms with Gasteiger partial charge >= 0.3 is 0 Å². The first-order valence-electron chi connectivity index (χ1n) is 3.03. The van der Waals surface area contributed by atoms with Crippen molar-refractivity contribution < 1.29 is 0 Å². The Morgan fingerprint density at radius 1 is 1.80 bits per heavy atom. The molecule has 0 bridgehead atoms. The van der Waals surface area contributed by atoms with Crippen molar-refractivity contribution >= 4 is 17.0 Å². The molecule has 1 aromatic heterocycles. The van der Waals surface area contributed by atoms with Crippen molar-refractivity contribution in [1.82, 2.24) is 10.3 Å².